The van der Waals surface area contributed by atoms with Crippen LogP contribution in [0.25, 0.3) is 0 Å². The number of hydrogen-bond donors (Lipinski definition) is 3. The van der Waals surface area contributed by atoms with E-state index in [1.807, 2.05) is 0 Å². The van der Waals surface area contributed by atoms with Crippen molar-refractivity contribution in [1.29, 1.82) is 0 Å². The van der Waals surface area contributed by atoms with E-state index >= 15 is 0 Å². The van der Waals surface area contributed by atoms with E-state index < -0.39 is 29.6 Å². The first-order valence-corrected chi connectivity index (χ1v) is 8.15. The van der Waals surface area contributed by atoms with E-state index in [1.54, 1.807) is 45.0 Å². The second-order valence-electron chi connectivity index (χ2n) is 6.69. The molecule has 144 valence electrons. The molecular formula is C18H25N2NaO6. The number of anilines is 1. The standard InChI is InChI=1S/C18H24N2O6.Na.H/c1-18(2,3)26-17(25)20-14(8-9-15(22)23)16(24)19-13-6-4-12(5-7-13)10-11-21;;/h4-7,11,14H,8-10H2,1-3H3,(H,19,24)(H,20,25)(H,22,23);;. The van der Waals surface area contributed by atoms with Gasteiger partial charge in [0.05, 0.1) is 0 Å². The molecule has 1 atom stereocenters. The maximum absolute atomic E-state index is 12.4. The number of carboxylic acid groups (broad SMARTS) is 1. The minimum atomic E-state index is -1.08. The van der Waals surface area contributed by atoms with E-state index in [2.05, 4.69) is 10.6 Å². The monoisotopic (exact) mass is 388 g/mol. The van der Waals surface area contributed by atoms with Crippen molar-refractivity contribution in [2.45, 2.75) is 51.7 Å². The SMILES string of the molecule is CC(C)(C)OC(=O)NC(CCC(=O)O)C(=O)Nc1ccc(CC=O)cc1.[NaH]. The zero-order valence-electron chi connectivity index (χ0n) is 15.1. The van der Waals surface area contributed by atoms with Gasteiger partial charge in [-0.1, -0.05) is 12.1 Å². The van der Waals surface area contributed by atoms with E-state index in [-0.39, 0.29) is 48.8 Å². The number of aliphatic carboxylic acids is 1. The number of carbonyl (C=O) groups is 4. The molecule has 1 aromatic rings. The van der Waals surface area contributed by atoms with Crippen molar-refractivity contribution in [3.63, 3.8) is 0 Å². The first-order chi connectivity index (χ1) is 12.1. The molecule has 9 heteroatoms. The van der Waals surface area contributed by atoms with E-state index in [4.69, 9.17) is 9.84 Å². The van der Waals surface area contributed by atoms with Gasteiger partial charge in [0.15, 0.2) is 0 Å². The van der Waals surface area contributed by atoms with Crippen molar-refractivity contribution in [3.05, 3.63) is 29.8 Å². The minimum absolute atomic E-state index is 0. The third-order valence-corrected chi connectivity index (χ3v) is 3.19. The molecule has 0 aliphatic rings. The predicted octanol–water partition coefficient (Wildman–Crippen LogP) is 1.48. The van der Waals surface area contributed by atoms with Crippen LogP contribution in [0.2, 0.25) is 0 Å². The summed E-state index contributed by atoms with van der Waals surface area (Å²) in [6, 6.07) is 5.57. The number of carboxylic acids is 1. The Morgan fingerprint density at radius 1 is 1.19 bits per heavy atom. The quantitative estimate of drug-likeness (QED) is 0.458. The van der Waals surface area contributed by atoms with E-state index in [0.717, 1.165) is 11.8 Å². The Morgan fingerprint density at radius 3 is 2.26 bits per heavy atom. The number of ether oxygens (including phenoxy) is 1. The van der Waals surface area contributed by atoms with Crippen molar-refractivity contribution >= 4 is 59.5 Å². The molecule has 27 heavy (non-hydrogen) atoms. The van der Waals surface area contributed by atoms with Gasteiger partial charge in [-0.15, -0.1) is 0 Å². The normalized spacial score (nSPS) is 11.5. The molecule has 0 saturated carbocycles. The third-order valence-electron chi connectivity index (χ3n) is 3.19. The number of carbonyl (C=O) groups excluding carboxylic acids is 3. The molecule has 1 aromatic carbocycles. The molecule has 0 fully saturated rings. The number of benzene rings is 1. The van der Waals surface area contributed by atoms with E-state index in [0.29, 0.717) is 5.69 Å². The fraction of sp³-hybridized carbons (Fsp3) is 0.444. The fourth-order valence-electron chi connectivity index (χ4n) is 2.04. The Hall–Kier alpha value is -1.90. The predicted molar refractivity (Wildman–Crippen MR) is 102 cm³/mol. The number of nitrogens with one attached hydrogen (secondary N) is 2. The van der Waals surface area contributed by atoms with Gasteiger partial charge in [0, 0.05) is 18.5 Å². The van der Waals surface area contributed by atoms with Crippen molar-refractivity contribution < 1.29 is 29.0 Å². The second-order valence-corrected chi connectivity index (χ2v) is 6.69. The summed E-state index contributed by atoms with van der Waals surface area (Å²) in [6.07, 6.45) is -0.115. The Balaban J connectivity index is 0.00000676. The van der Waals surface area contributed by atoms with Crippen molar-refractivity contribution in [2.75, 3.05) is 5.32 Å². The van der Waals surface area contributed by atoms with Crippen LogP contribution in [0.15, 0.2) is 24.3 Å². The fourth-order valence-corrected chi connectivity index (χ4v) is 2.04. The van der Waals surface area contributed by atoms with Gasteiger partial charge in [-0.05, 0) is 44.9 Å². The summed E-state index contributed by atoms with van der Waals surface area (Å²) in [5.74, 6) is -1.63. The van der Waals surface area contributed by atoms with Crippen LogP contribution < -0.4 is 10.6 Å². The summed E-state index contributed by atoms with van der Waals surface area (Å²) in [4.78, 5) is 45.6. The Labute approximate surface area is 180 Å². The topological polar surface area (TPSA) is 122 Å². The van der Waals surface area contributed by atoms with Crippen LogP contribution in [-0.2, 0) is 25.5 Å². The molecule has 0 aromatic heterocycles. The van der Waals surface area contributed by atoms with Crippen LogP contribution in [0.4, 0.5) is 10.5 Å². The molecule has 0 spiro atoms. The third kappa shape index (κ3) is 10.7. The molecule has 8 nitrogen and oxygen atoms in total. The second kappa shape index (κ2) is 11.7. The zero-order valence-corrected chi connectivity index (χ0v) is 15.1. The molecule has 2 amide bonds. The first kappa shape index (κ1) is 25.1. The van der Waals surface area contributed by atoms with Gasteiger partial charge in [0.1, 0.15) is 17.9 Å². The molecule has 0 heterocycles. The molecule has 0 radical (unpaired) electrons. The van der Waals surface area contributed by atoms with Crippen LogP contribution in [0, 0.1) is 0 Å². The summed E-state index contributed by atoms with van der Waals surface area (Å²) in [5.41, 5.74) is 0.523. The van der Waals surface area contributed by atoms with Crippen molar-refractivity contribution in [3.8, 4) is 0 Å². The molecule has 0 aliphatic carbocycles. The van der Waals surface area contributed by atoms with E-state index in [9.17, 15) is 19.2 Å². The van der Waals surface area contributed by atoms with Gasteiger partial charge in [-0.25, -0.2) is 4.79 Å². The summed E-state index contributed by atoms with van der Waals surface area (Å²) in [5, 5.41) is 13.8. The van der Waals surface area contributed by atoms with Gasteiger partial charge < -0.3 is 25.3 Å². The number of hydrogen-bond acceptors (Lipinski definition) is 5. The molecule has 0 bridgehead atoms. The van der Waals surface area contributed by atoms with Crippen LogP contribution in [0.1, 0.15) is 39.2 Å². The first-order valence-electron chi connectivity index (χ1n) is 8.15. The molecule has 0 aliphatic heterocycles. The molecule has 1 unspecified atom stereocenters. The van der Waals surface area contributed by atoms with Crippen LogP contribution in [0.5, 0.6) is 0 Å². The number of amides is 2. The summed E-state index contributed by atoms with van der Waals surface area (Å²) >= 11 is 0. The molecule has 0 saturated heterocycles. The van der Waals surface area contributed by atoms with Crippen molar-refractivity contribution in [2.24, 2.45) is 0 Å². The van der Waals surface area contributed by atoms with Gasteiger partial charge in [0.25, 0.3) is 0 Å². The van der Waals surface area contributed by atoms with Gasteiger partial charge in [-0.3, -0.25) is 9.59 Å². The average Bonchev–Trinajstić information content (AvgIpc) is 2.51. The Bertz CT molecular complexity index is 655. The van der Waals surface area contributed by atoms with Gasteiger partial charge >= 0.3 is 41.6 Å². The van der Waals surface area contributed by atoms with Crippen LogP contribution in [0.3, 0.4) is 0 Å². The summed E-state index contributed by atoms with van der Waals surface area (Å²) < 4.78 is 5.11. The maximum atomic E-state index is 12.4. The number of alkyl carbamates (subject to hydrolysis) is 1. The van der Waals surface area contributed by atoms with Crippen LogP contribution >= 0.6 is 0 Å². The molecule has 3 N–H and O–H groups in total. The summed E-state index contributed by atoms with van der Waals surface area (Å²) in [7, 11) is 0. The number of rotatable bonds is 8. The van der Waals surface area contributed by atoms with Crippen molar-refractivity contribution in [1.82, 2.24) is 5.32 Å². The van der Waals surface area contributed by atoms with Gasteiger partial charge in [0.2, 0.25) is 5.91 Å². The number of aldehydes is 1. The Morgan fingerprint density at radius 2 is 1.78 bits per heavy atom. The molecule has 1 rings (SSSR count). The summed E-state index contributed by atoms with van der Waals surface area (Å²) in [6.45, 7) is 5.04. The van der Waals surface area contributed by atoms with Gasteiger partial charge in [-0.2, -0.15) is 0 Å². The van der Waals surface area contributed by atoms with E-state index in [1.165, 1.54) is 0 Å². The average molecular weight is 388 g/mol. The molecular weight excluding hydrogens is 363 g/mol. The Kier molecular flexibility index (Phi) is 10.9. The zero-order chi connectivity index (χ0) is 19.7. The van der Waals surface area contributed by atoms with Crippen LogP contribution in [-0.4, -0.2) is 70.6 Å².